The van der Waals surface area contributed by atoms with Gasteiger partial charge in [0.25, 0.3) is 0 Å². The van der Waals surface area contributed by atoms with Crippen molar-refractivity contribution in [3.8, 4) is 0 Å². The van der Waals surface area contributed by atoms with Crippen molar-refractivity contribution in [2.45, 2.75) is 6.92 Å². The van der Waals surface area contributed by atoms with Crippen LogP contribution in [0.5, 0.6) is 0 Å². The normalized spacial score (nSPS) is 1.80. The summed E-state index contributed by atoms with van der Waals surface area (Å²) in [6.07, 6.45) is 0. The first-order valence-electron chi connectivity index (χ1n) is 1.02. The topological polar surface area (TPSA) is 143 Å². The van der Waals surface area contributed by atoms with Crippen LogP contribution in [-0.4, -0.2) is 33.6 Å². The predicted octanol–water partition coefficient (Wildman–Crippen LogP) is -8.00. The van der Waals surface area contributed by atoms with E-state index in [0.29, 0.717) is 0 Å². The summed E-state index contributed by atoms with van der Waals surface area (Å²) in [4.78, 5) is 0. The molecule has 0 unspecified atom stereocenters. The number of hydrogen-bond acceptors (Lipinski definition) is 3. The molecule has 0 rings (SSSR count). The van der Waals surface area contributed by atoms with Gasteiger partial charge in [0.2, 0.25) is 0 Å². The van der Waals surface area contributed by atoms with Crippen molar-refractivity contribution in [3.63, 3.8) is 0 Å². The molecule has 0 bridgehead atoms. The zero-order valence-corrected chi connectivity index (χ0v) is 13.4. The van der Waals surface area contributed by atoms with Gasteiger partial charge < -0.3 is 27.0 Å². The van der Waals surface area contributed by atoms with Crippen LogP contribution in [0.15, 0.2) is 0 Å². The van der Waals surface area contributed by atoms with Gasteiger partial charge in [-0.05, 0) is 6.92 Å². The van der Waals surface area contributed by atoms with Crippen molar-refractivity contribution in [3.05, 3.63) is 0 Å². The molecule has 0 aromatic rings. The molecule has 7 N–H and O–H groups in total. The minimum absolute atomic E-state index is 0. The van der Waals surface area contributed by atoms with Crippen LogP contribution in [0.25, 0.3) is 0 Å². The van der Waals surface area contributed by atoms with Crippen LogP contribution >= 0.6 is 0 Å². The van der Waals surface area contributed by atoms with E-state index in [1.165, 1.54) is 0 Å². The van der Waals surface area contributed by atoms with Gasteiger partial charge >= 0.3 is 59.1 Å². The molecule has 0 atom stereocenters. The Kier molecular flexibility index (Phi) is 850. The van der Waals surface area contributed by atoms with Crippen molar-refractivity contribution < 1.29 is 107 Å². The zero-order valence-electron chi connectivity index (χ0n) is 6.46. The Balaban J connectivity index is -0.000000000952. The standard InChI is InChI=1S/C2H6O.2Na.4H2O.W/c1-2-3;;;;;;;/h3H,2H2,1H3;;;4*1H2;/q;2*+1;;;;;/p-2. The molecule has 8 heteroatoms. The van der Waals surface area contributed by atoms with E-state index in [4.69, 9.17) is 5.11 Å². The van der Waals surface area contributed by atoms with Gasteiger partial charge in [-0.1, -0.05) is 0 Å². The monoisotopic (exact) mass is 346 g/mol. The van der Waals surface area contributed by atoms with Crippen molar-refractivity contribution in [1.82, 2.24) is 0 Å². The molecular weight excluding hydrogens is 334 g/mol. The van der Waals surface area contributed by atoms with E-state index in [0.717, 1.165) is 0 Å². The first-order valence-corrected chi connectivity index (χ1v) is 1.02. The van der Waals surface area contributed by atoms with Crippen LogP contribution < -0.4 is 59.1 Å². The van der Waals surface area contributed by atoms with Gasteiger partial charge in [-0.15, -0.1) is 0 Å². The molecule has 0 saturated heterocycles. The van der Waals surface area contributed by atoms with Gasteiger partial charge in [-0.25, -0.2) is 0 Å². The first kappa shape index (κ1) is 81.8. The molecule has 0 aliphatic carbocycles. The van der Waals surface area contributed by atoms with Crippen LogP contribution in [0.1, 0.15) is 6.92 Å². The van der Waals surface area contributed by atoms with E-state index in [9.17, 15) is 0 Å². The molecule has 0 radical (unpaired) electrons. The molecule has 0 aromatic carbocycles. The van der Waals surface area contributed by atoms with E-state index < -0.39 is 0 Å². The maximum Gasteiger partial charge on any atom is 1.00 e. The average Bonchev–Trinajstić information content (AvgIpc) is 0.918. The minimum Gasteiger partial charge on any atom is -0.870 e. The Bertz CT molecular complexity index is 17.6. The SMILES string of the molecule is CCO.O.O.[Na+].[Na+].[OH-].[OH-].[W]. The van der Waals surface area contributed by atoms with Gasteiger partial charge in [-0.2, -0.15) is 0 Å². The summed E-state index contributed by atoms with van der Waals surface area (Å²) in [6, 6.07) is 0. The van der Waals surface area contributed by atoms with Crippen LogP contribution in [0.4, 0.5) is 0 Å². The fourth-order valence-corrected chi connectivity index (χ4v) is 0. The van der Waals surface area contributed by atoms with E-state index in [-0.39, 0.29) is 109 Å². The van der Waals surface area contributed by atoms with Gasteiger partial charge in [0.15, 0.2) is 0 Å². The first-order chi connectivity index (χ1) is 1.41. The van der Waals surface area contributed by atoms with E-state index >= 15 is 0 Å². The second-order valence-corrected chi connectivity index (χ2v) is 0.316. The summed E-state index contributed by atoms with van der Waals surface area (Å²) in [7, 11) is 0. The quantitative estimate of drug-likeness (QED) is 0.435. The van der Waals surface area contributed by atoms with Gasteiger partial charge in [0.1, 0.15) is 0 Å². The smallest absolute Gasteiger partial charge is 0.870 e. The fourth-order valence-electron chi connectivity index (χ4n) is 0. The summed E-state index contributed by atoms with van der Waals surface area (Å²) < 4.78 is 0. The van der Waals surface area contributed by atoms with Gasteiger partial charge in [0.05, 0.1) is 0 Å². The van der Waals surface area contributed by atoms with E-state index in [1.807, 2.05) is 0 Å². The Labute approximate surface area is 119 Å². The fraction of sp³-hybridized carbons (Fsp3) is 1.00. The molecule has 0 amide bonds. The van der Waals surface area contributed by atoms with Gasteiger partial charge in [0, 0.05) is 27.7 Å². The summed E-state index contributed by atoms with van der Waals surface area (Å²) >= 11 is 0. The van der Waals surface area contributed by atoms with Crippen LogP contribution in [0.3, 0.4) is 0 Å². The number of aliphatic hydroxyl groups excluding tert-OH is 1. The Morgan fingerprint density at radius 3 is 1.00 bits per heavy atom. The molecule has 10 heavy (non-hydrogen) atoms. The molecule has 0 fully saturated rings. The second kappa shape index (κ2) is 104. The summed E-state index contributed by atoms with van der Waals surface area (Å²) in [6.45, 7) is 1.93. The maximum absolute atomic E-state index is 7.57. The average molecular weight is 346 g/mol. The van der Waals surface area contributed by atoms with Crippen molar-refractivity contribution in [2.75, 3.05) is 6.61 Å². The molecule has 0 spiro atoms. The van der Waals surface area contributed by atoms with Crippen molar-refractivity contribution >= 4 is 0 Å². The summed E-state index contributed by atoms with van der Waals surface area (Å²) in [5.41, 5.74) is 0. The third-order valence-electron chi connectivity index (χ3n) is 0. The zero-order chi connectivity index (χ0) is 2.71. The van der Waals surface area contributed by atoms with Crippen molar-refractivity contribution in [2.24, 2.45) is 0 Å². The Morgan fingerprint density at radius 1 is 1.00 bits per heavy atom. The molecule has 0 heterocycles. The summed E-state index contributed by atoms with van der Waals surface area (Å²) in [5.74, 6) is 0. The van der Waals surface area contributed by atoms with E-state index in [1.54, 1.807) is 6.92 Å². The number of hydrogen-bond donors (Lipinski definition) is 1. The third kappa shape index (κ3) is 153. The third-order valence-corrected chi connectivity index (χ3v) is 0. The van der Waals surface area contributed by atoms with Crippen LogP contribution in [0.2, 0.25) is 0 Å². The molecule has 0 saturated carbocycles. The minimum atomic E-state index is 0. The largest absolute Gasteiger partial charge is 1.00 e. The number of rotatable bonds is 0. The van der Waals surface area contributed by atoms with Crippen LogP contribution in [0, 0.1) is 0 Å². The van der Waals surface area contributed by atoms with Gasteiger partial charge in [-0.3, -0.25) is 0 Å². The molecule has 0 aliphatic rings. The maximum atomic E-state index is 7.57. The molecule has 0 aromatic heterocycles. The molecule has 58 valence electrons. The van der Waals surface area contributed by atoms with Crippen LogP contribution in [-0.2, 0) is 21.1 Å². The second-order valence-electron chi connectivity index (χ2n) is 0.316. The molecule has 0 aliphatic heterocycles. The Morgan fingerprint density at radius 2 is 1.00 bits per heavy atom. The van der Waals surface area contributed by atoms with Crippen molar-refractivity contribution in [1.29, 1.82) is 0 Å². The molecule has 5 nitrogen and oxygen atoms in total. The number of aliphatic hydroxyl groups is 1. The predicted molar refractivity (Wildman–Crippen MR) is 23.9 cm³/mol. The van der Waals surface area contributed by atoms with E-state index in [2.05, 4.69) is 0 Å². The molecular formula is C2H12Na2O5W. The summed E-state index contributed by atoms with van der Waals surface area (Å²) in [5, 5.41) is 7.57. The Hall–Kier alpha value is 2.49.